The van der Waals surface area contributed by atoms with Crippen molar-refractivity contribution in [1.29, 1.82) is 0 Å². The Bertz CT molecular complexity index is 1480. The number of carbonyl (C=O) groups excluding carboxylic acids is 3. The van der Waals surface area contributed by atoms with Gasteiger partial charge >= 0.3 is 0 Å². The second-order valence-electron chi connectivity index (χ2n) is 11.8. The van der Waals surface area contributed by atoms with Crippen LogP contribution in [0.2, 0.25) is 0 Å². The van der Waals surface area contributed by atoms with Gasteiger partial charge in [-0.15, -0.1) is 11.3 Å². The molecule has 2 aliphatic rings. The lowest BCUT2D eigenvalue weighted by atomic mass is 9.84. The summed E-state index contributed by atoms with van der Waals surface area (Å²) >= 11 is 1.55. The predicted molar refractivity (Wildman–Crippen MR) is 156 cm³/mol. The molecule has 2 N–H and O–H groups in total. The average molecular weight is 577 g/mol. The van der Waals surface area contributed by atoms with E-state index >= 15 is 0 Å². The SMILES string of the molecule is COc1cc(-c2scnc2C)ccc1CNC(=O)[C@@H]1C[C@@H](O)CN1C(=O)[C@@H](N1Cc2ccccc2C1=O)C(C)(C)C. The number of likely N-dealkylation sites (tertiary alicyclic amines) is 1. The van der Waals surface area contributed by atoms with Crippen LogP contribution in [0.4, 0.5) is 0 Å². The number of ether oxygens (including phenoxy) is 1. The van der Waals surface area contributed by atoms with E-state index in [9.17, 15) is 19.5 Å². The fourth-order valence-corrected chi connectivity index (χ4v) is 6.63. The maximum Gasteiger partial charge on any atom is 0.255 e. The highest BCUT2D eigenvalue weighted by Gasteiger charge is 2.48. The van der Waals surface area contributed by atoms with Crippen LogP contribution < -0.4 is 10.1 Å². The summed E-state index contributed by atoms with van der Waals surface area (Å²) in [6.45, 7) is 8.25. The molecule has 1 fully saturated rings. The lowest BCUT2D eigenvalue weighted by Gasteiger charge is -2.40. The molecule has 216 valence electrons. The first-order chi connectivity index (χ1) is 19.5. The van der Waals surface area contributed by atoms with Gasteiger partial charge in [0.25, 0.3) is 5.91 Å². The normalized spacial score (nSPS) is 19.3. The number of carbonyl (C=O) groups is 3. The van der Waals surface area contributed by atoms with E-state index in [0.717, 1.165) is 27.3 Å². The maximum atomic E-state index is 14.1. The number of thiazole rings is 1. The topological polar surface area (TPSA) is 112 Å². The highest BCUT2D eigenvalue weighted by Crippen LogP contribution is 2.35. The van der Waals surface area contributed by atoms with Crippen LogP contribution in [-0.4, -0.2) is 69.5 Å². The molecule has 2 aliphatic heterocycles. The standard InChI is InChI=1S/C31H36N4O5S/c1-18-26(41-17-33-18)19-10-11-20(25(12-19)40-5)14-32-28(37)24-13-22(36)16-34(24)30(39)27(31(2,3)4)35-15-21-8-6-7-9-23(21)29(35)38/h6-12,17,22,24,27,36H,13-16H2,1-5H3,(H,32,37)/t22-,24+,27-/m1/s1. The molecule has 41 heavy (non-hydrogen) atoms. The Morgan fingerprint density at radius 3 is 2.63 bits per heavy atom. The van der Waals surface area contributed by atoms with Crippen molar-refractivity contribution in [3.63, 3.8) is 0 Å². The van der Waals surface area contributed by atoms with Crippen LogP contribution in [0.1, 0.15) is 54.4 Å². The summed E-state index contributed by atoms with van der Waals surface area (Å²) < 4.78 is 5.61. The monoisotopic (exact) mass is 576 g/mol. The first kappa shape index (κ1) is 28.8. The Balaban J connectivity index is 1.33. The number of hydrogen-bond acceptors (Lipinski definition) is 7. The largest absolute Gasteiger partial charge is 0.496 e. The van der Waals surface area contributed by atoms with E-state index in [0.29, 0.717) is 17.9 Å². The molecule has 0 unspecified atom stereocenters. The van der Waals surface area contributed by atoms with Crippen LogP contribution in [0, 0.1) is 12.3 Å². The number of rotatable bonds is 7. The van der Waals surface area contributed by atoms with E-state index < -0.39 is 23.6 Å². The molecule has 3 aromatic rings. The third-order valence-corrected chi connectivity index (χ3v) is 8.81. The molecule has 0 saturated carbocycles. The molecule has 3 atom stereocenters. The van der Waals surface area contributed by atoms with Gasteiger partial charge in [-0.05, 0) is 35.6 Å². The fraction of sp³-hybridized carbons (Fsp3) is 0.419. The number of aliphatic hydroxyl groups excluding tert-OH is 1. The molecule has 9 nitrogen and oxygen atoms in total. The van der Waals surface area contributed by atoms with Crippen molar-refractivity contribution in [2.45, 2.75) is 65.4 Å². The van der Waals surface area contributed by atoms with Crippen LogP contribution in [0.3, 0.4) is 0 Å². The molecule has 0 radical (unpaired) electrons. The number of β-amino-alcohol motifs (C(OH)–C–C–N with tert-alkyl or cyclic N) is 1. The number of aromatic nitrogens is 1. The van der Waals surface area contributed by atoms with Crippen molar-refractivity contribution in [2.24, 2.45) is 5.41 Å². The number of methoxy groups -OCH3 is 1. The van der Waals surface area contributed by atoms with Gasteiger partial charge in [0.1, 0.15) is 17.8 Å². The Kier molecular flexibility index (Phi) is 7.89. The smallest absolute Gasteiger partial charge is 0.255 e. The zero-order chi connectivity index (χ0) is 29.5. The summed E-state index contributed by atoms with van der Waals surface area (Å²) in [5.41, 5.74) is 5.38. The summed E-state index contributed by atoms with van der Waals surface area (Å²) in [5, 5.41) is 13.5. The van der Waals surface area contributed by atoms with Gasteiger partial charge in [0.05, 0.1) is 29.3 Å². The van der Waals surface area contributed by atoms with E-state index in [1.165, 1.54) is 4.90 Å². The number of fused-ring (bicyclic) bond motifs is 1. The summed E-state index contributed by atoms with van der Waals surface area (Å²) in [6, 6.07) is 11.5. The molecule has 0 spiro atoms. The number of aryl methyl sites for hydroxylation is 1. The number of benzene rings is 2. The van der Waals surface area contributed by atoms with Gasteiger partial charge in [-0.2, -0.15) is 0 Å². The van der Waals surface area contributed by atoms with Gasteiger partial charge < -0.3 is 25.0 Å². The third-order valence-electron chi connectivity index (χ3n) is 7.83. The van der Waals surface area contributed by atoms with Crippen molar-refractivity contribution < 1.29 is 24.2 Å². The van der Waals surface area contributed by atoms with E-state index in [4.69, 9.17) is 4.74 Å². The minimum Gasteiger partial charge on any atom is -0.496 e. The first-order valence-corrected chi connectivity index (χ1v) is 14.6. The molecular weight excluding hydrogens is 540 g/mol. The zero-order valence-corrected chi connectivity index (χ0v) is 24.8. The minimum absolute atomic E-state index is 0.0324. The fourth-order valence-electron chi connectivity index (χ4n) is 5.83. The van der Waals surface area contributed by atoms with Crippen LogP contribution in [0.5, 0.6) is 5.75 Å². The number of nitrogens with one attached hydrogen (secondary N) is 1. The van der Waals surface area contributed by atoms with Gasteiger partial charge in [0.2, 0.25) is 11.8 Å². The molecule has 10 heteroatoms. The van der Waals surface area contributed by atoms with Gasteiger partial charge in [0, 0.05) is 37.2 Å². The summed E-state index contributed by atoms with van der Waals surface area (Å²) in [7, 11) is 1.59. The summed E-state index contributed by atoms with van der Waals surface area (Å²) in [5.74, 6) is -0.256. The second kappa shape index (κ2) is 11.3. The second-order valence-corrected chi connectivity index (χ2v) is 12.6. The van der Waals surface area contributed by atoms with Crippen molar-refractivity contribution in [2.75, 3.05) is 13.7 Å². The first-order valence-electron chi connectivity index (χ1n) is 13.7. The van der Waals surface area contributed by atoms with Crippen molar-refractivity contribution in [3.8, 4) is 16.2 Å². The van der Waals surface area contributed by atoms with Crippen LogP contribution in [0.25, 0.3) is 10.4 Å². The molecule has 0 aliphatic carbocycles. The summed E-state index contributed by atoms with van der Waals surface area (Å²) in [4.78, 5) is 49.3. The molecular formula is C31H36N4O5S. The Hall–Kier alpha value is -3.76. The van der Waals surface area contributed by atoms with Gasteiger partial charge in [-0.1, -0.05) is 51.1 Å². The predicted octanol–water partition coefficient (Wildman–Crippen LogP) is 3.78. The van der Waals surface area contributed by atoms with Crippen molar-refractivity contribution in [1.82, 2.24) is 20.1 Å². The number of aliphatic hydroxyl groups is 1. The highest BCUT2D eigenvalue weighted by atomic mass is 32.1. The third kappa shape index (κ3) is 5.58. The highest BCUT2D eigenvalue weighted by molar-refractivity contribution is 7.13. The molecule has 3 heterocycles. The van der Waals surface area contributed by atoms with E-state index in [1.807, 2.05) is 64.1 Å². The van der Waals surface area contributed by atoms with Gasteiger partial charge in [-0.25, -0.2) is 4.98 Å². The van der Waals surface area contributed by atoms with Gasteiger partial charge in [0.15, 0.2) is 0 Å². The molecule has 5 rings (SSSR count). The van der Waals surface area contributed by atoms with Crippen molar-refractivity contribution in [3.05, 3.63) is 70.4 Å². The molecule has 1 aromatic heterocycles. The molecule has 1 saturated heterocycles. The van der Waals surface area contributed by atoms with Crippen molar-refractivity contribution >= 4 is 29.1 Å². The van der Waals surface area contributed by atoms with Crippen LogP contribution in [-0.2, 0) is 22.7 Å². The lowest BCUT2D eigenvalue weighted by Crippen LogP contribution is -2.57. The average Bonchev–Trinajstić information content (AvgIpc) is 3.63. The lowest BCUT2D eigenvalue weighted by molar-refractivity contribution is -0.145. The Morgan fingerprint density at radius 2 is 1.98 bits per heavy atom. The number of hydrogen-bond donors (Lipinski definition) is 2. The zero-order valence-electron chi connectivity index (χ0n) is 24.0. The van der Waals surface area contributed by atoms with Crippen LogP contribution in [0.15, 0.2) is 48.0 Å². The quantitative estimate of drug-likeness (QED) is 0.443. The number of nitrogens with zero attached hydrogens (tertiary/aromatic N) is 3. The number of amides is 3. The Morgan fingerprint density at radius 1 is 1.22 bits per heavy atom. The molecule has 2 aromatic carbocycles. The minimum atomic E-state index is -0.854. The van der Waals surface area contributed by atoms with E-state index in [1.54, 1.807) is 34.9 Å². The maximum absolute atomic E-state index is 14.1. The molecule has 3 amide bonds. The summed E-state index contributed by atoms with van der Waals surface area (Å²) in [6.07, 6.45) is -0.707. The van der Waals surface area contributed by atoms with E-state index in [-0.39, 0.29) is 37.2 Å². The Labute approximate surface area is 244 Å². The van der Waals surface area contributed by atoms with Crippen LogP contribution >= 0.6 is 11.3 Å². The van der Waals surface area contributed by atoms with E-state index in [2.05, 4.69) is 10.3 Å². The van der Waals surface area contributed by atoms with Gasteiger partial charge in [-0.3, -0.25) is 14.4 Å². The molecule has 0 bridgehead atoms.